The van der Waals surface area contributed by atoms with Crippen molar-refractivity contribution in [3.8, 4) is 0 Å². The molecule has 0 amide bonds. The van der Waals surface area contributed by atoms with Gasteiger partial charge in [0.2, 0.25) is 0 Å². The Bertz CT molecular complexity index is 577. The molecule has 1 aromatic carbocycles. The molecule has 0 atom stereocenters. The topological polar surface area (TPSA) is 38.0 Å². The van der Waals surface area contributed by atoms with E-state index in [1.807, 2.05) is 25.3 Å². The molecule has 3 N–H and O–H groups in total. The van der Waals surface area contributed by atoms with E-state index in [1.165, 1.54) is 11.1 Å². The Balaban J connectivity index is 0.00000200. The monoisotopic (exact) mass is 268 g/mol. The minimum Gasteiger partial charge on any atom is -0.397 e. The van der Waals surface area contributed by atoms with E-state index in [2.05, 4.69) is 36.7 Å². The average molecular weight is 268 g/mol. The lowest BCUT2D eigenvalue weighted by molar-refractivity contribution is 0.919. The molecule has 2 rings (SSSR count). The fourth-order valence-corrected chi connectivity index (χ4v) is 2.56. The molecule has 2 heteroatoms. The third kappa shape index (κ3) is 2.69. The van der Waals surface area contributed by atoms with Gasteiger partial charge in [-0.2, -0.15) is 0 Å². The van der Waals surface area contributed by atoms with Gasteiger partial charge in [0.25, 0.3) is 0 Å². The summed E-state index contributed by atoms with van der Waals surface area (Å²) in [6.45, 7) is 7.82. The normalized spacial score (nSPS) is 21.9. The van der Waals surface area contributed by atoms with Crippen molar-refractivity contribution in [3.63, 3.8) is 0 Å². The van der Waals surface area contributed by atoms with Gasteiger partial charge >= 0.3 is 0 Å². The van der Waals surface area contributed by atoms with Crippen LogP contribution in [0.1, 0.15) is 25.0 Å². The first-order valence-corrected chi connectivity index (χ1v) is 6.47. The van der Waals surface area contributed by atoms with Crippen LogP contribution in [0.25, 0.3) is 5.70 Å². The Labute approximate surface area is 122 Å². The summed E-state index contributed by atoms with van der Waals surface area (Å²) in [5.74, 6) is 0. The third-order valence-corrected chi connectivity index (χ3v) is 3.56. The van der Waals surface area contributed by atoms with Crippen LogP contribution in [0.5, 0.6) is 0 Å². The lowest BCUT2D eigenvalue weighted by Gasteiger charge is -2.21. The molecule has 0 aromatic heterocycles. The maximum absolute atomic E-state index is 6.35. The number of nitrogens with one attached hydrogen (secondary N) is 1. The van der Waals surface area contributed by atoms with Crippen LogP contribution in [0, 0.1) is 0 Å². The molecule has 0 bridgehead atoms. The van der Waals surface area contributed by atoms with Gasteiger partial charge in [-0.05, 0) is 24.0 Å². The molecule has 1 aliphatic carbocycles. The summed E-state index contributed by atoms with van der Waals surface area (Å²) in [6.07, 6.45) is 5.66. The first-order chi connectivity index (χ1) is 9.22. The van der Waals surface area contributed by atoms with E-state index in [0.717, 1.165) is 35.4 Å². The SMILES string of the molecule is C.C=C/C1=C(C=C)/C(NC)=C(/N)c2ccccc2CC1. The molecular weight excluding hydrogens is 244 g/mol. The molecule has 106 valence electrons. The summed E-state index contributed by atoms with van der Waals surface area (Å²) < 4.78 is 0. The Hall–Kier alpha value is -2.22. The van der Waals surface area contributed by atoms with E-state index >= 15 is 0 Å². The van der Waals surface area contributed by atoms with Gasteiger partial charge in [0.05, 0.1) is 11.4 Å². The van der Waals surface area contributed by atoms with Gasteiger partial charge in [0.1, 0.15) is 0 Å². The zero-order valence-corrected chi connectivity index (χ0v) is 11.4. The highest BCUT2D eigenvalue weighted by molar-refractivity contribution is 5.74. The van der Waals surface area contributed by atoms with Crippen molar-refractivity contribution < 1.29 is 0 Å². The molecule has 1 aliphatic rings. The van der Waals surface area contributed by atoms with Crippen LogP contribution in [0.15, 0.2) is 66.4 Å². The van der Waals surface area contributed by atoms with E-state index in [0.29, 0.717) is 0 Å². The van der Waals surface area contributed by atoms with Crippen molar-refractivity contribution in [1.29, 1.82) is 0 Å². The van der Waals surface area contributed by atoms with Gasteiger partial charge in [0.15, 0.2) is 0 Å². The molecule has 0 radical (unpaired) electrons. The smallest absolute Gasteiger partial charge is 0.0653 e. The molecule has 2 nitrogen and oxygen atoms in total. The van der Waals surface area contributed by atoms with E-state index in [9.17, 15) is 0 Å². The van der Waals surface area contributed by atoms with Gasteiger partial charge in [-0.1, -0.05) is 57.0 Å². The van der Waals surface area contributed by atoms with Crippen LogP contribution in [-0.4, -0.2) is 7.05 Å². The van der Waals surface area contributed by atoms with Gasteiger partial charge in [0, 0.05) is 18.2 Å². The van der Waals surface area contributed by atoms with Crippen molar-refractivity contribution in [2.24, 2.45) is 5.73 Å². The van der Waals surface area contributed by atoms with Crippen LogP contribution in [0.2, 0.25) is 0 Å². The van der Waals surface area contributed by atoms with Crippen LogP contribution in [0.3, 0.4) is 0 Å². The number of rotatable bonds is 3. The predicted molar refractivity (Wildman–Crippen MR) is 89.1 cm³/mol. The molecule has 0 fully saturated rings. The molecule has 0 saturated heterocycles. The maximum atomic E-state index is 6.35. The Morgan fingerprint density at radius 1 is 1.15 bits per heavy atom. The van der Waals surface area contributed by atoms with Crippen LogP contribution in [0.4, 0.5) is 0 Å². The molecule has 1 aromatic rings. The molecule has 0 heterocycles. The number of likely N-dealkylation sites (N-methyl/N-ethyl adjacent to an activating group) is 1. The van der Waals surface area contributed by atoms with Crippen molar-refractivity contribution in [2.75, 3.05) is 7.05 Å². The zero-order chi connectivity index (χ0) is 13.8. The molecule has 0 saturated carbocycles. The van der Waals surface area contributed by atoms with Crippen LogP contribution >= 0.6 is 0 Å². The summed E-state index contributed by atoms with van der Waals surface area (Å²) in [5, 5.41) is 3.21. The number of hydrogen-bond acceptors (Lipinski definition) is 2. The first-order valence-electron chi connectivity index (χ1n) is 6.47. The van der Waals surface area contributed by atoms with Crippen molar-refractivity contribution in [3.05, 3.63) is 77.5 Å². The van der Waals surface area contributed by atoms with Gasteiger partial charge in [-0.3, -0.25) is 0 Å². The van der Waals surface area contributed by atoms with Gasteiger partial charge in [-0.25, -0.2) is 0 Å². The second-order valence-corrected chi connectivity index (χ2v) is 4.54. The highest BCUT2D eigenvalue weighted by atomic mass is 14.9. The maximum Gasteiger partial charge on any atom is 0.0653 e. The lowest BCUT2D eigenvalue weighted by Crippen LogP contribution is -2.18. The third-order valence-electron chi connectivity index (χ3n) is 3.56. The highest BCUT2D eigenvalue weighted by Crippen LogP contribution is 2.29. The minimum atomic E-state index is 0. The second kappa shape index (κ2) is 6.80. The van der Waals surface area contributed by atoms with E-state index in [1.54, 1.807) is 0 Å². The summed E-state index contributed by atoms with van der Waals surface area (Å²) >= 11 is 0. The number of aryl methyl sites for hydroxylation is 1. The summed E-state index contributed by atoms with van der Waals surface area (Å²) in [6, 6.07) is 8.28. The summed E-state index contributed by atoms with van der Waals surface area (Å²) in [5.41, 5.74) is 12.7. The quantitative estimate of drug-likeness (QED) is 0.875. The Kier molecular flexibility index (Phi) is 5.39. The zero-order valence-electron chi connectivity index (χ0n) is 11.4. The summed E-state index contributed by atoms with van der Waals surface area (Å²) in [7, 11) is 1.89. The highest BCUT2D eigenvalue weighted by Gasteiger charge is 2.16. The van der Waals surface area contributed by atoms with E-state index in [4.69, 9.17) is 5.73 Å². The standard InChI is InChI=1S/C17H20N2.CH4/c1-4-12-10-11-13-8-6-7-9-15(13)16(18)17(19-3)14(12)5-2;/h4-9,19H,1-2,10-11,18H2,3H3;1H4/b14-12-,17-16-;. The predicted octanol–water partition coefficient (Wildman–Crippen LogP) is 3.78. The number of benzene rings is 1. The van der Waals surface area contributed by atoms with Crippen molar-refractivity contribution in [1.82, 2.24) is 5.32 Å². The molecular formula is C18H24N2. The first kappa shape index (κ1) is 15.8. The number of allylic oxidation sites excluding steroid dienone is 3. The van der Waals surface area contributed by atoms with Crippen molar-refractivity contribution >= 4 is 5.70 Å². The molecule has 0 spiro atoms. The fourth-order valence-electron chi connectivity index (χ4n) is 2.56. The Morgan fingerprint density at radius 3 is 2.45 bits per heavy atom. The minimum absolute atomic E-state index is 0. The average Bonchev–Trinajstić information content (AvgIpc) is 2.45. The Morgan fingerprint density at radius 2 is 1.85 bits per heavy atom. The summed E-state index contributed by atoms with van der Waals surface area (Å²) in [4.78, 5) is 0. The van der Waals surface area contributed by atoms with E-state index in [-0.39, 0.29) is 7.43 Å². The molecule has 0 unspecified atom stereocenters. The van der Waals surface area contributed by atoms with Gasteiger partial charge in [-0.15, -0.1) is 0 Å². The molecule has 20 heavy (non-hydrogen) atoms. The van der Waals surface area contributed by atoms with Crippen LogP contribution < -0.4 is 11.1 Å². The largest absolute Gasteiger partial charge is 0.397 e. The second-order valence-electron chi connectivity index (χ2n) is 4.54. The number of nitrogens with two attached hydrogens (primary N) is 1. The molecule has 0 aliphatic heterocycles. The van der Waals surface area contributed by atoms with Crippen LogP contribution in [-0.2, 0) is 6.42 Å². The lowest BCUT2D eigenvalue weighted by atomic mass is 9.90. The van der Waals surface area contributed by atoms with Crippen molar-refractivity contribution in [2.45, 2.75) is 20.3 Å². The van der Waals surface area contributed by atoms with Gasteiger partial charge < -0.3 is 11.1 Å². The van der Waals surface area contributed by atoms with E-state index < -0.39 is 0 Å². The number of hydrogen-bond donors (Lipinski definition) is 2. The number of fused-ring (bicyclic) bond motifs is 1. The fraction of sp³-hybridized carbons (Fsp3) is 0.222.